The van der Waals surface area contributed by atoms with E-state index in [4.69, 9.17) is 15.6 Å². The second-order valence-corrected chi connectivity index (χ2v) is 9.34. The number of likely N-dealkylation sites (tertiary alicyclic amines) is 1. The van der Waals surface area contributed by atoms with Crippen molar-refractivity contribution >= 4 is 17.7 Å². The van der Waals surface area contributed by atoms with Crippen molar-refractivity contribution in [3.63, 3.8) is 0 Å². The van der Waals surface area contributed by atoms with Gasteiger partial charge in [0.05, 0.1) is 13.0 Å². The van der Waals surface area contributed by atoms with Gasteiger partial charge in [-0.05, 0) is 76.4 Å². The Bertz CT molecular complexity index is 718. The van der Waals surface area contributed by atoms with Crippen LogP contribution in [0.4, 0.5) is 0 Å². The molecule has 1 aliphatic heterocycles. The molecular formula is C24H39N3O3S. The van der Waals surface area contributed by atoms with E-state index in [0.29, 0.717) is 13.2 Å². The number of hydrogen-bond acceptors (Lipinski definition) is 6. The highest BCUT2D eigenvalue weighted by molar-refractivity contribution is 8.03. The molecule has 31 heavy (non-hydrogen) atoms. The van der Waals surface area contributed by atoms with Gasteiger partial charge in [-0.2, -0.15) is 0 Å². The first-order valence-corrected chi connectivity index (χ1v) is 12.4. The lowest BCUT2D eigenvalue weighted by Gasteiger charge is -2.26. The number of nitrogens with one attached hydrogen (secondary N) is 1. The summed E-state index contributed by atoms with van der Waals surface area (Å²) in [6.45, 7) is 8.50. The fourth-order valence-electron chi connectivity index (χ4n) is 3.66. The molecule has 1 aromatic carbocycles. The lowest BCUT2D eigenvalue weighted by molar-refractivity contribution is -0.136. The Kier molecular flexibility index (Phi) is 11.9. The van der Waals surface area contributed by atoms with Crippen molar-refractivity contribution in [1.82, 2.24) is 10.2 Å². The molecule has 1 aromatic rings. The smallest absolute Gasteiger partial charge is 0.304 e. The van der Waals surface area contributed by atoms with Crippen molar-refractivity contribution in [2.24, 2.45) is 5.73 Å². The first kappa shape index (κ1) is 25.6. The zero-order valence-electron chi connectivity index (χ0n) is 19.1. The zero-order chi connectivity index (χ0) is 22.5. The molecule has 0 saturated carbocycles. The average Bonchev–Trinajstić information content (AvgIpc) is 2.76. The van der Waals surface area contributed by atoms with E-state index in [1.54, 1.807) is 0 Å². The van der Waals surface area contributed by atoms with Crippen LogP contribution < -0.4 is 15.8 Å². The summed E-state index contributed by atoms with van der Waals surface area (Å²) < 4.78 is 6.11. The van der Waals surface area contributed by atoms with Gasteiger partial charge in [0, 0.05) is 29.4 Å². The monoisotopic (exact) mass is 449 g/mol. The molecule has 1 fully saturated rings. The second-order valence-electron chi connectivity index (χ2n) is 8.18. The molecular weight excluding hydrogens is 410 g/mol. The molecule has 1 saturated heterocycles. The third-order valence-corrected chi connectivity index (χ3v) is 6.85. The van der Waals surface area contributed by atoms with Crippen molar-refractivity contribution < 1.29 is 14.6 Å². The zero-order valence-corrected chi connectivity index (χ0v) is 19.9. The topological polar surface area (TPSA) is 87.8 Å². The molecule has 6 nitrogen and oxygen atoms in total. The summed E-state index contributed by atoms with van der Waals surface area (Å²) in [6, 6.07) is 6.16. The third kappa shape index (κ3) is 9.97. The van der Waals surface area contributed by atoms with Crippen molar-refractivity contribution in [2.75, 3.05) is 38.7 Å². The number of aliphatic carboxylic acids is 1. The van der Waals surface area contributed by atoms with Crippen molar-refractivity contribution in [1.29, 1.82) is 0 Å². The van der Waals surface area contributed by atoms with E-state index in [0.717, 1.165) is 43.1 Å². The molecule has 0 unspecified atom stereocenters. The Morgan fingerprint density at radius 2 is 2.00 bits per heavy atom. The van der Waals surface area contributed by atoms with Crippen LogP contribution in [0.25, 0.3) is 0 Å². The maximum atomic E-state index is 10.6. The number of nitrogens with two attached hydrogens (primary N) is 1. The summed E-state index contributed by atoms with van der Waals surface area (Å²) >= 11 is 1.84. The van der Waals surface area contributed by atoms with E-state index >= 15 is 0 Å². The van der Waals surface area contributed by atoms with Crippen molar-refractivity contribution in [2.45, 2.75) is 58.8 Å². The molecule has 2 rings (SSSR count). The number of aryl methyl sites for hydroxylation is 1. The molecule has 7 heteroatoms. The number of nitrogens with zero attached hydrogens (tertiary/aromatic N) is 1. The minimum atomic E-state index is -0.768. The van der Waals surface area contributed by atoms with Gasteiger partial charge in [-0.1, -0.05) is 18.6 Å². The van der Waals surface area contributed by atoms with E-state index in [1.807, 2.05) is 23.9 Å². The summed E-state index contributed by atoms with van der Waals surface area (Å²) in [5.41, 5.74) is 9.68. The summed E-state index contributed by atoms with van der Waals surface area (Å²) in [5, 5.41) is 11.9. The predicted octanol–water partition coefficient (Wildman–Crippen LogP) is 4.13. The SMILES string of the molecule is C/C(SCN1CCCCC1)=C(/N)CCOc1cccc(C)c1CCCNCCC(=O)O. The molecule has 0 aliphatic carbocycles. The summed E-state index contributed by atoms with van der Waals surface area (Å²) in [7, 11) is 0. The number of allylic oxidation sites excluding steroid dienone is 1. The van der Waals surface area contributed by atoms with Crippen LogP contribution in [0.1, 0.15) is 56.6 Å². The summed E-state index contributed by atoms with van der Waals surface area (Å²) in [6.07, 6.45) is 6.70. The maximum absolute atomic E-state index is 10.6. The first-order chi connectivity index (χ1) is 15.0. The van der Waals surface area contributed by atoms with Gasteiger partial charge in [-0.25, -0.2) is 0 Å². The number of carboxylic acids is 1. The number of carbonyl (C=O) groups is 1. The Hall–Kier alpha value is -1.70. The number of benzene rings is 1. The first-order valence-electron chi connectivity index (χ1n) is 11.4. The molecule has 0 spiro atoms. The molecule has 1 heterocycles. The van der Waals surface area contributed by atoms with Crippen LogP contribution in [0.5, 0.6) is 5.75 Å². The van der Waals surface area contributed by atoms with Gasteiger partial charge >= 0.3 is 5.97 Å². The quantitative estimate of drug-likeness (QED) is 0.368. The van der Waals surface area contributed by atoms with Gasteiger partial charge in [-0.3, -0.25) is 9.69 Å². The predicted molar refractivity (Wildman–Crippen MR) is 130 cm³/mol. The number of piperidine rings is 1. The normalized spacial score (nSPS) is 15.5. The highest BCUT2D eigenvalue weighted by atomic mass is 32.2. The lowest BCUT2D eigenvalue weighted by Crippen LogP contribution is -2.29. The van der Waals surface area contributed by atoms with Gasteiger partial charge in [0.1, 0.15) is 5.75 Å². The van der Waals surface area contributed by atoms with Crippen LogP contribution in [0.15, 0.2) is 28.8 Å². The van der Waals surface area contributed by atoms with Crippen LogP contribution in [-0.4, -0.2) is 54.6 Å². The molecule has 0 radical (unpaired) electrons. The minimum Gasteiger partial charge on any atom is -0.493 e. The molecule has 1 aliphatic rings. The molecule has 0 bridgehead atoms. The molecule has 0 atom stereocenters. The highest BCUT2D eigenvalue weighted by Gasteiger charge is 2.11. The van der Waals surface area contributed by atoms with Gasteiger partial charge in [0.15, 0.2) is 0 Å². The second kappa shape index (κ2) is 14.4. The van der Waals surface area contributed by atoms with Gasteiger partial charge in [-0.15, -0.1) is 11.8 Å². The highest BCUT2D eigenvalue weighted by Crippen LogP contribution is 2.25. The molecule has 0 amide bonds. The molecule has 0 aromatic heterocycles. The lowest BCUT2D eigenvalue weighted by atomic mass is 10.0. The van der Waals surface area contributed by atoms with E-state index in [2.05, 4.69) is 30.1 Å². The number of carboxylic acid groups (broad SMARTS) is 1. The summed E-state index contributed by atoms with van der Waals surface area (Å²) in [5.74, 6) is 1.18. The Balaban J connectivity index is 1.76. The van der Waals surface area contributed by atoms with Crippen LogP contribution in [0, 0.1) is 6.92 Å². The van der Waals surface area contributed by atoms with Crippen LogP contribution in [-0.2, 0) is 11.2 Å². The standard InChI is InChI=1S/C24H39N3O3S/c1-19-8-6-10-23(21(19)9-7-13-26-14-11-24(28)29)30-17-12-22(25)20(2)31-18-27-15-4-3-5-16-27/h6,8,10,26H,3-5,7,9,11-18,25H2,1-2H3,(H,28,29)/b22-20-. The van der Waals surface area contributed by atoms with E-state index in [9.17, 15) is 4.79 Å². The molecule has 4 N–H and O–H groups in total. The van der Waals surface area contributed by atoms with E-state index in [1.165, 1.54) is 48.4 Å². The number of ether oxygens (including phenoxy) is 1. The van der Waals surface area contributed by atoms with Gasteiger partial charge in [0.2, 0.25) is 0 Å². The van der Waals surface area contributed by atoms with E-state index < -0.39 is 5.97 Å². The summed E-state index contributed by atoms with van der Waals surface area (Å²) in [4.78, 5) is 14.3. The average molecular weight is 450 g/mol. The van der Waals surface area contributed by atoms with Crippen molar-refractivity contribution in [3.8, 4) is 5.75 Å². The number of rotatable bonds is 14. The van der Waals surface area contributed by atoms with Crippen molar-refractivity contribution in [3.05, 3.63) is 39.9 Å². The largest absolute Gasteiger partial charge is 0.493 e. The third-order valence-electron chi connectivity index (χ3n) is 5.66. The molecule has 174 valence electrons. The Morgan fingerprint density at radius 3 is 2.74 bits per heavy atom. The maximum Gasteiger partial charge on any atom is 0.304 e. The van der Waals surface area contributed by atoms with Gasteiger partial charge in [0.25, 0.3) is 0 Å². The number of hydrogen-bond donors (Lipinski definition) is 3. The fourth-order valence-corrected chi connectivity index (χ4v) is 4.58. The fraction of sp³-hybridized carbons (Fsp3) is 0.625. The Morgan fingerprint density at radius 1 is 1.23 bits per heavy atom. The van der Waals surface area contributed by atoms with Crippen LogP contribution >= 0.6 is 11.8 Å². The van der Waals surface area contributed by atoms with Crippen LogP contribution in [0.2, 0.25) is 0 Å². The minimum absolute atomic E-state index is 0.156. The Labute approximate surface area is 191 Å². The number of thioether (sulfide) groups is 1. The van der Waals surface area contributed by atoms with Crippen LogP contribution in [0.3, 0.4) is 0 Å². The van der Waals surface area contributed by atoms with E-state index in [-0.39, 0.29) is 6.42 Å². The van der Waals surface area contributed by atoms with Gasteiger partial charge < -0.3 is 20.9 Å².